The molecule has 3 aromatic rings. The lowest BCUT2D eigenvalue weighted by Crippen LogP contribution is -2.46. The summed E-state index contributed by atoms with van der Waals surface area (Å²) in [7, 11) is 0. The number of nitrogens with zero attached hydrogens (tertiary/aromatic N) is 5. The van der Waals surface area contributed by atoms with E-state index in [0.717, 1.165) is 48.2 Å². The van der Waals surface area contributed by atoms with Crippen LogP contribution >= 0.6 is 24.8 Å². The number of fused-ring (bicyclic) bond motifs is 1. The van der Waals surface area contributed by atoms with Gasteiger partial charge in [0.05, 0.1) is 6.54 Å². The zero-order valence-corrected chi connectivity index (χ0v) is 24.3. The normalized spacial score (nSPS) is 17.7. The third-order valence-electron chi connectivity index (χ3n) is 7.88. The lowest BCUT2D eigenvalue weighted by Gasteiger charge is -2.40. The highest BCUT2D eigenvalue weighted by Crippen LogP contribution is 2.22. The molecule has 2 fully saturated rings. The monoisotopic (exact) mass is 543 g/mol. The molecule has 5 rings (SSSR count). The van der Waals surface area contributed by atoms with Crippen molar-refractivity contribution in [3.63, 3.8) is 0 Å². The van der Waals surface area contributed by atoms with Crippen LogP contribution in [0.25, 0.3) is 17.2 Å². The van der Waals surface area contributed by atoms with E-state index in [0.29, 0.717) is 0 Å². The van der Waals surface area contributed by atoms with Gasteiger partial charge in [0.25, 0.3) is 0 Å². The van der Waals surface area contributed by atoms with Gasteiger partial charge in [-0.3, -0.25) is 4.90 Å². The topological polar surface area (TPSA) is 37.2 Å². The molecule has 0 radical (unpaired) electrons. The van der Waals surface area contributed by atoms with Gasteiger partial charge in [0.15, 0.2) is 5.65 Å². The molecule has 5 nitrogen and oxygen atoms in total. The molecule has 4 heterocycles. The number of aryl methyl sites for hydroxylation is 3. The number of hydrogen-bond acceptors (Lipinski definition) is 4. The first-order valence-electron chi connectivity index (χ1n) is 13.7. The Morgan fingerprint density at radius 2 is 1.62 bits per heavy atom. The Bertz CT molecular complexity index is 1160. The van der Waals surface area contributed by atoms with E-state index in [9.17, 15) is 0 Å². The fourth-order valence-electron chi connectivity index (χ4n) is 5.89. The van der Waals surface area contributed by atoms with Gasteiger partial charge in [-0.05, 0) is 88.5 Å². The lowest BCUT2D eigenvalue weighted by atomic mass is 10.00. The van der Waals surface area contributed by atoms with Gasteiger partial charge < -0.3 is 9.47 Å². The van der Waals surface area contributed by atoms with Crippen LogP contribution in [0.1, 0.15) is 67.2 Å². The Morgan fingerprint density at radius 1 is 0.919 bits per heavy atom. The quantitative estimate of drug-likeness (QED) is 0.342. The maximum Gasteiger partial charge on any atom is 0.160 e. The number of rotatable bonds is 7. The number of benzene rings is 1. The predicted octanol–water partition coefficient (Wildman–Crippen LogP) is 6.47. The molecule has 0 unspecified atom stereocenters. The number of piperidine rings is 2. The summed E-state index contributed by atoms with van der Waals surface area (Å²) in [5.41, 5.74) is 6.86. The fraction of sp³-hybridized carbons (Fsp3) is 0.533. The molecule has 0 saturated carbocycles. The van der Waals surface area contributed by atoms with Gasteiger partial charge in [-0.1, -0.05) is 49.8 Å². The van der Waals surface area contributed by atoms with Crippen LogP contribution in [0.4, 0.5) is 0 Å². The van der Waals surface area contributed by atoms with E-state index < -0.39 is 0 Å². The van der Waals surface area contributed by atoms with Crippen LogP contribution in [0.15, 0.2) is 36.4 Å². The molecule has 0 bridgehead atoms. The molecule has 0 spiro atoms. The number of hydrogen-bond donors (Lipinski definition) is 0. The van der Waals surface area contributed by atoms with Crippen molar-refractivity contribution in [3.05, 3.63) is 64.6 Å². The number of halogens is 2. The first-order valence-corrected chi connectivity index (χ1v) is 13.7. The van der Waals surface area contributed by atoms with Crippen LogP contribution in [0.5, 0.6) is 0 Å². The molecule has 2 aliphatic rings. The zero-order chi connectivity index (χ0) is 24.2. The zero-order valence-electron chi connectivity index (χ0n) is 22.7. The first kappa shape index (κ1) is 29.6. The average Bonchev–Trinajstić information content (AvgIpc) is 3.23. The standard InChI is InChI=1S/C30H41N5.2ClH/c1-4-28-32-29-23(2)21-24(3)31-30(29)35(28)22-26-12-10-25(11-13-26)9-8-16-33-19-14-27(15-20-33)34-17-6-5-7-18-34;;/h8-13,21,27H,4-7,14-20,22H2,1-3H3;2*1H. The van der Waals surface area contributed by atoms with E-state index in [-0.39, 0.29) is 24.8 Å². The summed E-state index contributed by atoms with van der Waals surface area (Å²) < 4.78 is 2.29. The summed E-state index contributed by atoms with van der Waals surface area (Å²) in [4.78, 5) is 15.1. The van der Waals surface area contributed by atoms with E-state index in [4.69, 9.17) is 9.97 Å². The fourth-order valence-corrected chi connectivity index (χ4v) is 5.89. The van der Waals surface area contributed by atoms with Crippen LogP contribution in [0, 0.1) is 13.8 Å². The smallest absolute Gasteiger partial charge is 0.160 e. The average molecular weight is 545 g/mol. The Balaban J connectivity index is 0.00000190. The summed E-state index contributed by atoms with van der Waals surface area (Å²) in [6, 6.07) is 11.9. The summed E-state index contributed by atoms with van der Waals surface area (Å²) in [5.74, 6) is 1.11. The number of likely N-dealkylation sites (tertiary alicyclic amines) is 2. The molecule has 7 heteroatoms. The molecule has 0 amide bonds. The molecule has 2 saturated heterocycles. The number of pyridine rings is 1. The maximum absolute atomic E-state index is 4.88. The van der Waals surface area contributed by atoms with Crippen molar-refractivity contribution in [2.45, 2.75) is 71.9 Å². The van der Waals surface area contributed by atoms with E-state index in [1.807, 2.05) is 0 Å². The second-order valence-electron chi connectivity index (χ2n) is 10.5. The van der Waals surface area contributed by atoms with Gasteiger partial charge in [-0.25, -0.2) is 9.97 Å². The molecular weight excluding hydrogens is 501 g/mol. The third-order valence-corrected chi connectivity index (χ3v) is 7.88. The Hall–Kier alpha value is -1.92. The van der Waals surface area contributed by atoms with Crippen molar-refractivity contribution in [1.82, 2.24) is 24.3 Å². The minimum Gasteiger partial charge on any atom is -0.308 e. The van der Waals surface area contributed by atoms with Crippen LogP contribution in [0.2, 0.25) is 0 Å². The van der Waals surface area contributed by atoms with Gasteiger partial charge in [-0.15, -0.1) is 24.8 Å². The van der Waals surface area contributed by atoms with Crippen molar-refractivity contribution >= 4 is 42.1 Å². The van der Waals surface area contributed by atoms with Crippen molar-refractivity contribution in [3.8, 4) is 0 Å². The molecule has 2 aliphatic heterocycles. The van der Waals surface area contributed by atoms with Gasteiger partial charge in [0.2, 0.25) is 0 Å². The summed E-state index contributed by atoms with van der Waals surface area (Å²) >= 11 is 0. The first-order chi connectivity index (χ1) is 17.1. The molecule has 0 N–H and O–H groups in total. The summed E-state index contributed by atoms with van der Waals surface area (Å²) in [6.07, 6.45) is 12.4. The van der Waals surface area contributed by atoms with Crippen molar-refractivity contribution in [2.24, 2.45) is 0 Å². The van der Waals surface area contributed by atoms with E-state index in [1.165, 1.54) is 75.0 Å². The third kappa shape index (κ3) is 7.14. The summed E-state index contributed by atoms with van der Waals surface area (Å²) in [5, 5.41) is 0. The molecule has 1 aromatic carbocycles. The van der Waals surface area contributed by atoms with E-state index >= 15 is 0 Å². The SMILES string of the molecule is CCc1nc2c(C)cc(C)nc2n1Cc1ccc(C=CCN2CCC(N3CCCCC3)CC2)cc1.Cl.Cl. The Kier molecular flexibility index (Phi) is 11.0. The lowest BCUT2D eigenvalue weighted by molar-refractivity contribution is 0.0975. The van der Waals surface area contributed by atoms with Crippen LogP contribution in [-0.2, 0) is 13.0 Å². The Morgan fingerprint density at radius 3 is 2.30 bits per heavy atom. The van der Waals surface area contributed by atoms with E-state index in [2.05, 4.69) is 77.6 Å². The highest BCUT2D eigenvalue weighted by atomic mass is 35.5. The molecule has 2 aromatic heterocycles. The highest BCUT2D eigenvalue weighted by Gasteiger charge is 2.24. The van der Waals surface area contributed by atoms with Crippen molar-refractivity contribution in [1.29, 1.82) is 0 Å². The summed E-state index contributed by atoms with van der Waals surface area (Å²) in [6.45, 7) is 13.3. The second-order valence-corrected chi connectivity index (χ2v) is 10.5. The second kappa shape index (κ2) is 13.7. The minimum absolute atomic E-state index is 0. The largest absolute Gasteiger partial charge is 0.308 e. The van der Waals surface area contributed by atoms with Gasteiger partial charge in [-0.2, -0.15) is 0 Å². The molecule has 202 valence electrons. The Labute approximate surface area is 235 Å². The number of imidazole rings is 1. The molecule has 37 heavy (non-hydrogen) atoms. The maximum atomic E-state index is 4.88. The highest BCUT2D eigenvalue weighted by molar-refractivity contribution is 5.85. The van der Waals surface area contributed by atoms with Gasteiger partial charge >= 0.3 is 0 Å². The van der Waals surface area contributed by atoms with E-state index in [1.54, 1.807) is 0 Å². The van der Waals surface area contributed by atoms with Gasteiger partial charge in [0.1, 0.15) is 11.3 Å². The van der Waals surface area contributed by atoms with Crippen molar-refractivity contribution < 1.29 is 0 Å². The van der Waals surface area contributed by atoms with Crippen LogP contribution in [0.3, 0.4) is 0 Å². The molecule has 0 atom stereocenters. The minimum atomic E-state index is 0. The van der Waals surface area contributed by atoms with Crippen LogP contribution in [-0.4, -0.2) is 63.1 Å². The van der Waals surface area contributed by atoms with Gasteiger partial charge in [0, 0.05) is 24.7 Å². The van der Waals surface area contributed by atoms with Crippen LogP contribution < -0.4 is 0 Å². The number of aromatic nitrogens is 3. The van der Waals surface area contributed by atoms with Crippen molar-refractivity contribution in [2.75, 3.05) is 32.7 Å². The molecular formula is C30H43Cl2N5. The predicted molar refractivity (Wildman–Crippen MR) is 160 cm³/mol. The molecule has 0 aliphatic carbocycles.